The fraction of sp³-hybridized carbons (Fsp3) is 0.538. The summed E-state index contributed by atoms with van der Waals surface area (Å²) >= 11 is 0. The number of carbonyl (C=O) groups is 1. The zero-order valence-corrected chi connectivity index (χ0v) is 11.8. The normalized spacial score (nSPS) is 12.2. The fourth-order valence-electron chi connectivity index (χ4n) is 1.86. The van der Waals surface area contributed by atoms with Crippen molar-refractivity contribution < 1.29 is 14.8 Å². The second-order valence-electron chi connectivity index (χ2n) is 5.07. The largest absolute Gasteiger partial charge is 0.394 e. The molecule has 0 radical (unpaired) electrons. The Bertz CT molecular complexity index is 502. The van der Waals surface area contributed by atoms with Gasteiger partial charge in [0.25, 0.3) is 11.6 Å². The molecule has 1 atom stereocenters. The highest BCUT2D eigenvalue weighted by Crippen LogP contribution is 2.15. The summed E-state index contributed by atoms with van der Waals surface area (Å²) < 4.78 is 0. The van der Waals surface area contributed by atoms with E-state index in [1.165, 1.54) is 6.07 Å². The number of nitrogens with one attached hydrogen (secondary N) is 1. The number of aromatic nitrogens is 1. The summed E-state index contributed by atoms with van der Waals surface area (Å²) in [6.45, 7) is 5.39. The van der Waals surface area contributed by atoms with Crippen molar-refractivity contribution in [1.29, 1.82) is 0 Å². The van der Waals surface area contributed by atoms with Crippen molar-refractivity contribution in [2.45, 2.75) is 33.2 Å². The number of aliphatic hydroxyl groups is 1. The summed E-state index contributed by atoms with van der Waals surface area (Å²) in [5, 5.41) is 22.6. The molecule has 0 bridgehead atoms. The zero-order chi connectivity index (χ0) is 15.3. The Hall–Kier alpha value is -2.02. The number of hydrogen-bond acceptors (Lipinski definition) is 5. The van der Waals surface area contributed by atoms with E-state index in [4.69, 9.17) is 0 Å². The third-order valence-electron chi connectivity index (χ3n) is 2.84. The lowest BCUT2D eigenvalue weighted by Gasteiger charge is -2.18. The van der Waals surface area contributed by atoms with E-state index in [9.17, 15) is 20.0 Å². The van der Waals surface area contributed by atoms with Gasteiger partial charge in [0.1, 0.15) is 6.20 Å². The Balaban J connectivity index is 2.91. The molecule has 0 saturated carbocycles. The zero-order valence-electron chi connectivity index (χ0n) is 11.8. The molecule has 20 heavy (non-hydrogen) atoms. The summed E-state index contributed by atoms with van der Waals surface area (Å²) in [6, 6.07) is 0.822. The van der Waals surface area contributed by atoms with E-state index in [1.807, 2.05) is 13.8 Å². The fourth-order valence-corrected chi connectivity index (χ4v) is 1.86. The third-order valence-corrected chi connectivity index (χ3v) is 2.84. The molecular formula is C13H19N3O4. The number of carbonyl (C=O) groups excluding carboxylic acids is 1. The lowest BCUT2D eigenvalue weighted by molar-refractivity contribution is -0.385. The van der Waals surface area contributed by atoms with Gasteiger partial charge in [-0.15, -0.1) is 0 Å². The van der Waals surface area contributed by atoms with E-state index >= 15 is 0 Å². The first-order valence-corrected chi connectivity index (χ1v) is 6.38. The predicted molar refractivity (Wildman–Crippen MR) is 73.4 cm³/mol. The quantitative estimate of drug-likeness (QED) is 0.606. The Morgan fingerprint density at radius 1 is 1.55 bits per heavy atom. The topological polar surface area (TPSA) is 105 Å². The SMILES string of the molecule is Cc1ncc([N+](=O)[O-])cc1C(=O)NC(CO)CC(C)C. The summed E-state index contributed by atoms with van der Waals surface area (Å²) in [4.78, 5) is 26.1. The Labute approximate surface area is 117 Å². The van der Waals surface area contributed by atoms with Crippen molar-refractivity contribution in [2.24, 2.45) is 5.92 Å². The summed E-state index contributed by atoms with van der Waals surface area (Å²) in [7, 11) is 0. The number of hydrogen-bond donors (Lipinski definition) is 2. The molecule has 0 aromatic carbocycles. The minimum atomic E-state index is -0.596. The first kappa shape index (κ1) is 16.0. The highest BCUT2D eigenvalue weighted by Gasteiger charge is 2.19. The van der Waals surface area contributed by atoms with Crippen molar-refractivity contribution in [3.05, 3.63) is 33.6 Å². The number of amides is 1. The molecule has 0 spiro atoms. The van der Waals surface area contributed by atoms with Crippen LogP contribution in [0.1, 0.15) is 36.3 Å². The first-order chi connectivity index (χ1) is 9.35. The predicted octanol–water partition coefficient (Wildman–Crippen LogP) is 1.44. The number of rotatable bonds is 6. The molecule has 0 aliphatic heterocycles. The van der Waals surface area contributed by atoms with Crippen LogP contribution in [0.5, 0.6) is 0 Å². The van der Waals surface area contributed by atoms with E-state index in [0.29, 0.717) is 18.0 Å². The Morgan fingerprint density at radius 2 is 2.20 bits per heavy atom. The molecule has 1 amide bonds. The van der Waals surface area contributed by atoms with Crippen LogP contribution in [0.25, 0.3) is 0 Å². The molecular weight excluding hydrogens is 262 g/mol. The van der Waals surface area contributed by atoms with Crippen molar-refractivity contribution >= 4 is 11.6 Å². The van der Waals surface area contributed by atoms with Gasteiger partial charge in [-0.25, -0.2) is 0 Å². The maximum atomic E-state index is 12.1. The number of aliphatic hydroxyl groups excluding tert-OH is 1. The maximum Gasteiger partial charge on any atom is 0.288 e. The molecule has 0 aliphatic rings. The smallest absolute Gasteiger partial charge is 0.288 e. The van der Waals surface area contributed by atoms with E-state index in [1.54, 1.807) is 6.92 Å². The molecule has 1 unspecified atom stereocenters. The molecule has 0 saturated heterocycles. The molecule has 7 heteroatoms. The highest BCUT2D eigenvalue weighted by atomic mass is 16.6. The van der Waals surface area contributed by atoms with Crippen LogP contribution in [0, 0.1) is 23.0 Å². The summed E-state index contributed by atoms with van der Waals surface area (Å²) in [5.41, 5.74) is 0.334. The van der Waals surface area contributed by atoms with Gasteiger partial charge >= 0.3 is 0 Å². The number of nitro groups is 1. The molecule has 1 heterocycles. The Morgan fingerprint density at radius 3 is 2.70 bits per heavy atom. The van der Waals surface area contributed by atoms with E-state index in [-0.39, 0.29) is 23.9 Å². The maximum absolute atomic E-state index is 12.1. The van der Waals surface area contributed by atoms with Crippen molar-refractivity contribution in [1.82, 2.24) is 10.3 Å². The van der Waals surface area contributed by atoms with Gasteiger partial charge in [0.2, 0.25) is 0 Å². The van der Waals surface area contributed by atoms with Crippen LogP contribution in [-0.4, -0.2) is 33.6 Å². The summed E-state index contributed by atoms with van der Waals surface area (Å²) in [5.74, 6) is -0.143. The second kappa shape index (κ2) is 6.95. The van der Waals surface area contributed by atoms with Gasteiger partial charge in [-0.1, -0.05) is 13.8 Å². The van der Waals surface area contributed by atoms with Crippen LogP contribution >= 0.6 is 0 Å². The van der Waals surface area contributed by atoms with Crippen LogP contribution in [0.4, 0.5) is 5.69 Å². The lowest BCUT2D eigenvalue weighted by atomic mass is 10.0. The van der Waals surface area contributed by atoms with E-state index < -0.39 is 10.8 Å². The van der Waals surface area contributed by atoms with Gasteiger partial charge < -0.3 is 10.4 Å². The van der Waals surface area contributed by atoms with Gasteiger partial charge in [0.05, 0.1) is 28.8 Å². The van der Waals surface area contributed by atoms with Crippen molar-refractivity contribution in [3.63, 3.8) is 0 Å². The van der Waals surface area contributed by atoms with Gasteiger partial charge in [0.15, 0.2) is 0 Å². The van der Waals surface area contributed by atoms with Gasteiger partial charge in [-0.05, 0) is 19.3 Å². The third kappa shape index (κ3) is 4.27. The average molecular weight is 281 g/mol. The second-order valence-corrected chi connectivity index (χ2v) is 5.07. The first-order valence-electron chi connectivity index (χ1n) is 6.38. The molecule has 1 rings (SSSR count). The summed E-state index contributed by atoms with van der Waals surface area (Å²) in [6.07, 6.45) is 1.74. The average Bonchev–Trinajstić information content (AvgIpc) is 2.37. The van der Waals surface area contributed by atoms with Crippen LogP contribution in [0.3, 0.4) is 0 Å². The minimum absolute atomic E-state index is 0.154. The van der Waals surface area contributed by atoms with E-state index in [2.05, 4.69) is 10.3 Å². The van der Waals surface area contributed by atoms with Gasteiger partial charge in [0, 0.05) is 6.07 Å². The molecule has 110 valence electrons. The van der Waals surface area contributed by atoms with Crippen molar-refractivity contribution in [3.8, 4) is 0 Å². The molecule has 1 aromatic heterocycles. The lowest BCUT2D eigenvalue weighted by Crippen LogP contribution is -2.38. The molecule has 2 N–H and O–H groups in total. The molecule has 0 fully saturated rings. The number of nitrogens with zero attached hydrogens (tertiary/aromatic N) is 2. The molecule has 0 aliphatic carbocycles. The monoisotopic (exact) mass is 281 g/mol. The van der Waals surface area contributed by atoms with Gasteiger partial charge in [-0.3, -0.25) is 19.9 Å². The number of aryl methyl sites for hydroxylation is 1. The van der Waals surface area contributed by atoms with Crippen LogP contribution in [-0.2, 0) is 0 Å². The molecule has 7 nitrogen and oxygen atoms in total. The highest BCUT2D eigenvalue weighted by molar-refractivity contribution is 5.95. The standard InChI is InChI=1S/C13H19N3O4/c1-8(2)4-10(7-17)15-13(18)12-5-11(16(19)20)6-14-9(12)3/h5-6,8,10,17H,4,7H2,1-3H3,(H,15,18). The van der Waals surface area contributed by atoms with Gasteiger partial charge in [-0.2, -0.15) is 0 Å². The number of pyridine rings is 1. The van der Waals surface area contributed by atoms with Crippen LogP contribution in [0.2, 0.25) is 0 Å². The molecule has 1 aromatic rings. The van der Waals surface area contributed by atoms with E-state index in [0.717, 1.165) is 6.20 Å². The minimum Gasteiger partial charge on any atom is -0.394 e. The van der Waals surface area contributed by atoms with Crippen LogP contribution in [0.15, 0.2) is 12.3 Å². The van der Waals surface area contributed by atoms with Crippen LogP contribution < -0.4 is 5.32 Å². The van der Waals surface area contributed by atoms with Crippen molar-refractivity contribution in [2.75, 3.05) is 6.61 Å². The Kier molecular flexibility index (Phi) is 5.57.